The highest BCUT2D eigenvalue weighted by atomic mass is 16.1. The van der Waals surface area contributed by atoms with E-state index in [0.29, 0.717) is 12.5 Å². The lowest BCUT2D eigenvalue weighted by Gasteiger charge is -2.26. The van der Waals surface area contributed by atoms with E-state index in [9.17, 15) is 4.79 Å². The summed E-state index contributed by atoms with van der Waals surface area (Å²) in [5.41, 5.74) is 0.222. The van der Waals surface area contributed by atoms with Gasteiger partial charge in [-0.15, -0.1) is 0 Å². The SMILES string of the molecule is CC(C)(NCCC(=O)NC1CC1)C1CC1. The first kappa shape index (κ1) is 10.9. The van der Waals surface area contributed by atoms with Gasteiger partial charge in [-0.1, -0.05) is 0 Å². The van der Waals surface area contributed by atoms with Crippen molar-refractivity contribution in [3.8, 4) is 0 Å². The maximum Gasteiger partial charge on any atom is 0.221 e. The fraction of sp³-hybridized carbons (Fsp3) is 0.917. The van der Waals surface area contributed by atoms with E-state index in [1.165, 1.54) is 25.7 Å². The predicted octanol–water partition coefficient (Wildman–Crippen LogP) is 1.43. The Labute approximate surface area is 92.0 Å². The number of hydrogen-bond donors (Lipinski definition) is 2. The first-order valence-electron chi connectivity index (χ1n) is 6.12. The smallest absolute Gasteiger partial charge is 0.221 e. The fourth-order valence-electron chi connectivity index (χ4n) is 1.98. The summed E-state index contributed by atoms with van der Waals surface area (Å²) in [7, 11) is 0. The standard InChI is InChI=1S/C12H22N2O/c1-12(2,9-3-4-9)13-8-7-11(15)14-10-5-6-10/h9-10,13H,3-8H2,1-2H3,(H,14,15). The number of rotatable bonds is 6. The van der Waals surface area contributed by atoms with Crippen LogP contribution in [0.1, 0.15) is 46.0 Å². The average molecular weight is 210 g/mol. The summed E-state index contributed by atoms with van der Waals surface area (Å²) in [4.78, 5) is 11.4. The van der Waals surface area contributed by atoms with E-state index in [1.54, 1.807) is 0 Å². The Hall–Kier alpha value is -0.570. The van der Waals surface area contributed by atoms with Crippen LogP contribution in [0.15, 0.2) is 0 Å². The summed E-state index contributed by atoms with van der Waals surface area (Å²) in [6, 6.07) is 0.494. The zero-order valence-electron chi connectivity index (χ0n) is 9.81. The lowest BCUT2D eigenvalue weighted by Crippen LogP contribution is -2.43. The third-order valence-electron chi connectivity index (χ3n) is 3.47. The van der Waals surface area contributed by atoms with E-state index in [4.69, 9.17) is 0 Å². The Morgan fingerprint density at radius 1 is 1.27 bits per heavy atom. The molecule has 0 unspecified atom stereocenters. The summed E-state index contributed by atoms with van der Waals surface area (Å²) in [5, 5.41) is 6.49. The van der Waals surface area contributed by atoms with E-state index in [0.717, 1.165) is 12.5 Å². The zero-order chi connectivity index (χ0) is 10.9. The topological polar surface area (TPSA) is 41.1 Å². The van der Waals surface area contributed by atoms with Crippen LogP contribution in [0.3, 0.4) is 0 Å². The van der Waals surface area contributed by atoms with Crippen LogP contribution in [0, 0.1) is 5.92 Å². The van der Waals surface area contributed by atoms with E-state index in [2.05, 4.69) is 24.5 Å². The fourth-order valence-corrected chi connectivity index (χ4v) is 1.98. The molecule has 0 aliphatic heterocycles. The average Bonchev–Trinajstić information content (AvgIpc) is 2.99. The molecule has 0 saturated heterocycles. The monoisotopic (exact) mass is 210 g/mol. The highest BCUT2D eigenvalue weighted by molar-refractivity contribution is 5.76. The summed E-state index contributed by atoms with van der Waals surface area (Å²) in [6.45, 7) is 5.29. The quantitative estimate of drug-likeness (QED) is 0.696. The van der Waals surface area contributed by atoms with Crippen molar-refractivity contribution in [2.24, 2.45) is 5.92 Å². The van der Waals surface area contributed by atoms with Gasteiger partial charge in [-0.3, -0.25) is 4.79 Å². The van der Waals surface area contributed by atoms with Gasteiger partial charge in [0.15, 0.2) is 0 Å². The molecule has 0 heterocycles. The first-order chi connectivity index (χ1) is 7.08. The largest absolute Gasteiger partial charge is 0.353 e. The van der Waals surface area contributed by atoms with Crippen LogP contribution >= 0.6 is 0 Å². The van der Waals surface area contributed by atoms with Crippen LogP contribution in [0.25, 0.3) is 0 Å². The van der Waals surface area contributed by atoms with Crippen molar-refractivity contribution in [1.82, 2.24) is 10.6 Å². The highest BCUT2D eigenvalue weighted by Crippen LogP contribution is 2.39. The molecule has 0 atom stereocenters. The second kappa shape index (κ2) is 4.12. The normalized spacial score (nSPS) is 21.5. The molecule has 86 valence electrons. The zero-order valence-corrected chi connectivity index (χ0v) is 9.81. The Balaban J connectivity index is 1.58. The molecule has 2 aliphatic rings. The maximum atomic E-state index is 11.4. The molecular formula is C12H22N2O. The Morgan fingerprint density at radius 2 is 1.93 bits per heavy atom. The molecule has 0 aromatic carbocycles. The number of amides is 1. The minimum Gasteiger partial charge on any atom is -0.353 e. The van der Waals surface area contributed by atoms with E-state index in [1.807, 2.05) is 0 Å². The molecule has 15 heavy (non-hydrogen) atoms. The van der Waals surface area contributed by atoms with E-state index >= 15 is 0 Å². The van der Waals surface area contributed by atoms with Gasteiger partial charge < -0.3 is 10.6 Å². The molecule has 0 radical (unpaired) electrons. The van der Waals surface area contributed by atoms with Crippen molar-refractivity contribution in [2.45, 2.75) is 57.5 Å². The number of hydrogen-bond acceptors (Lipinski definition) is 2. The van der Waals surface area contributed by atoms with Crippen molar-refractivity contribution in [2.75, 3.05) is 6.54 Å². The van der Waals surface area contributed by atoms with Gasteiger partial charge in [0.25, 0.3) is 0 Å². The van der Waals surface area contributed by atoms with E-state index in [-0.39, 0.29) is 11.4 Å². The maximum absolute atomic E-state index is 11.4. The van der Waals surface area contributed by atoms with Crippen molar-refractivity contribution >= 4 is 5.91 Å². The van der Waals surface area contributed by atoms with Crippen LogP contribution in [0.2, 0.25) is 0 Å². The van der Waals surface area contributed by atoms with Crippen LogP contribution < -0.4 is 10.6 Å². The van der Waals surface area contributed by atoms with Crippen molar-refractivity contribution in [3.05, 3.63) is 0 Å². The number of nitrogens with one attached hydrogen (secondary N) is 2. The summed E-state index contributed by atoms with van der Waals surface area (Å²) >= 11 is 0. The molecular weight excluding hydrogens is 188 g/mol. The Bertz CT molecular complexity index is 242. The second-order valence-electron chi connectivity index (χ2n) is 5.51. The minimum absolute atomic E-state index is 0.205. The van der Waals surface area contributed by atoms with Gasteiger partial charge in [-0.25, -0.2) is 0 Å². The molecule has 2 aliphatic carbocycles. The second-order valence-corrected chi connectivity index (χ2v) is 5.51. The Kier molecular flexibility index (Phi) is 3.01. The lowest BCUT2D eigenvalue weighted by molar-refractivity contribution is -0.121. The van der Waals surface area contributed by atoms with Crippen LogP contribution in [0.5, 0.6) is 0 Å². The number of carbonyl (C=O) groups is 1. The molecule has 2 saturated carbocycles. The molecule has 2 rings (SSSR count). The van der Waals surface area contributed by atoms with Gasteiger partial charge in [0.1, 0.15) is 0 Å². The third-order valence-corrected chi connectivity index (χ3v) is 3.47. The van der Waals surface area contributed by atoms with Crippen molar-refractivity contribution in [1.29, 1.82) is 0 Å². The third kappa shape index (κ3) is 3.49. The molecule has 0 bridgehead atoms. The van der Waals surface area contributed by atoms with Gasteiger partial charge in [-0.05, 0) is 45.4 Å². The Morgan fingerprint density at radius 3 is 2.47 bits per heavy atom. The van der Waals surface area contributed by atoms with Gasteiger partial charge in [0.05, 0.1) is 0 Å². The van der Waals surface area contributed by atoms with Crippen molar-refractivity contribution < 1.29 is 4.79 Å². The first-order valence-corrected chi connectivity index (χ1v) is 6.12. The highest BCUT2D eigenvalue weighted by Gasteiger charge is 2.37. The molecule has 0 aromatic heterocycles. The van der Waals surface area contributed by atoms with Gasteiger partial charge in [-0.2, -0.15) is 0 Å². The van der Waals surface area contributed by atoms with Crippen LogP contribution in [-0.4, -0.2) is 24.0 Å². The molecule has 3 nitrogen and oxygen atoms in total. The van der Waals surface area contributed by atoms with E-state index < -0.39 is 0 Å². The van der Waals surface area contributed by atoms with Gasteiger partial charge in [0, 0.05) is 24.5 Å². The summed E-state index contributed by atoms with van der Waals surface area (Å²) in [5.74, 6) is 1.03. The molecule has 3 heteroatoms. The van der Waals surface area contributed by atoms with Crippen LogP contribution in [-0.2, 0) is 4.79 Å². The lowest BCUT2D eigenvalue weighted by atomic mass is 9.99. The van der Waals surface area contributed by atoms with Gasteiger partial charge in [0.2, 0.25) is 5.91 Å². The summed E-state index contributed by atoms with van der Waals surface area (Å²) in [6.07, 6.45) is 5.65. The molecule has 1 amide bonds. The molecule has 2 N–H and O–H groups in total. The van der Waals surface area contributed by atoms with Crippen LogP contribution in [0.4, 0.5) is 0 Å². The van der Waals surface area contributed by atoms with Gasteiger partial charge >= 0.3 is 0 Å². The van der Waals surface area contributed by atoms with Crippen molar-refractivity contribution in [3.63, 3.8) is 0 Å². The number of carbonyl (C=O) groups excluding carboxylic acids is 1. The summed E-state index contributed by atoms with van der Waals surface area (Å²) < 4.78 is 0. The molecule has 0 spiro atoms. The molecule has 2 fully saturated rings. The predicted molar refractivity (Wildman–Crippen MR) is 60.6 cm³/mol. The minimum atomic E-state index is 0.205. The molecule has 0 aromatic rings.